The molecule has 0 radical (unpaired) electrons. The molecule has 1 atom stereocenters. The normalized spacial score (nSPS) is 11.2. The summed E-state index contributed by atoms with van der Waals surface area (Å²) in [5.41, 5.74) is -0.148. The molecule has 72 valence electrons. The fraction of sp³-hybridized carbons (Fsp3) is 0. The van der Waals surface area contributed by atoms with Crippen LogP contribution in [0.4, 0.5) is 0 Å². The first-order chi connectivity index (χ1) is 6.11. The van der Waals surface area contributed by atoms with Crippen molar-refractivity contribution in [3.63, 3.8) is 0 Å². The van der Waals surface area contributed by atoms with Gasteiger partial charge in [-0.1, -0.05) is 12.1 Å². The molecule has 0 saturated heterocycles. The van der Waals surface area contributed by atoms with Crippen molar-refractivity contribution < 1.29 is 53.8 Å². The third kappa shape index (κ3) is 3.77. The van der Waals surface area contributed by atoms with Crippen LogP contribution in [0.3, 0.4) is 0 Å². The Hall–Kier alpha value is -0.400. The molecule has 0 aromatic heterocycles. The van der Waals surface area contributed by atoms with Crippen LogP contribution in [0.2, 0.25) is 0 Å². The van der Waals surface area contributed by atoms with Crippen molar-refractivity contribution in [1.82, 2.24) is 0 Å². The number of hydrogen-bond donors (Lipinski definition) is 2. The predicted molar refractivity (Wildman–Crippen MR) is 45.4 cm³/mol. The topological polar surface area (TPSA) is 83.8 Å². The van der Waals surface area contributed by atoms with Gasteiger partial charge in [-0.2, -0.15) is 4.21 Å². The molecule has 2 N–H and O–H groups in total. The Bertz CT molecular complexity index is 359. The number of phenols is 1. The summed E-state index contributed by atoms with van der Waals surface area (Å²) in [5, 5.41) is 9.11. The van der Waals surface area contributed by atoms with E-state index in [4.69, 9.17) is 9.66 Å². The molecular weight excluding hydrogens is 219 g/mol. The van der Waals surface area contributed by atoms with Gasteiger partial charge in [0.2, 0.25) is 0 Å². The summed E-state index contributed by atoms with van der Waals surface area (Å²) >= 11 is -2.67. The third-order valence-corrected chi connectivity index (χ3v) is 1.56. The monoisotopic (exact) mass is 226 g/mol. The fourth-order valence-electron chi connectivity index (χ4n) is 0.756. The quantitative estimate of drug-likeness (QED) is 0.442. The van der Waals surface area contributed by atoms with Crippen LogP contribution in [0, 0.1) is 0 Å². The molecule has 0 heterocycles. The van der Waals surface area contributed by atoms with E-state index in [0.29, 0.717) is 0 Å². The predicted octanol–water partition coefficient (Wildman–Crippen LogP) is -2.20. The van der Waals surface area contributed by atoms with E-state index < -0.39 is 17.3 Å². The Morgan fingerprint density at radius 3 is 2.50 bits per heavy atom. The third-order valence-electron chi connectivity index (χ3n) is 1.27. The van der Waals surface area contributed by atoms with E-state index in [9.17, 15) is 9.00 Å². The molecule has 1 aromatic carbocycles. The molecule has 1 unspecified atom stereocenters. The molecule has 1 rings (SSSR count). The van der Waals surface area contributed by atoms with Gasteiger partial charge in [0.1, 0.15) is 11.3 Å². The SMILES string of the molecule is O=C(OS(=O)O)c1ccccc1O.[H-].[Na+]. The Kier molecular flexibility index (Phi) is 5.98. The second kappa shape index (κ2) is 6.15. The molecule has 0 spiro atoms. The van der Waals surface area contributed by atoms with Crippen LogP contribution in [0.15, 0.2) is 24.3 Å². The van der Waals surface area contributed by atoms with Gasteiger partial charge in [-0.25, -0.2) is 4.79 Å². The zero-order valence-electron chi connectivity index (χ0n) is 8.34. The average molecular weight is 226 g/mol. The van der Waals surface area contributed by atoms with Crippen LogP contribution >= 0.6 is 0 Å². The minimum atomic E-state index is -2.67. The van der Waals surface area contributed by atoms with Crippen LogP contribution in [-0.4, -0.2) is 19.8 Å². The number of benzene rings is 1. The number of phenolic OH excluding ortho intramolecular Hbond substituents is 1. The van der Waals surface area contributed by atoms with Crippen LogP contribution in [0.1, 0.15) is 11.8 Å². The van der Waals surface area contributed by atoms with Crippen LogP contribution in [-0.2, 0) is 15.5 Å². The van der Waals surface area contributed by atoms with E-state index >= 15 is 0 Å². The molecule has 0 aliphatic rings. The van der Waals surface area contributed by atoms with Gasteiger partial charge >= 0.3 is 46.9 Å². The standard InChI is InChI=1S/C7H6O5S.Na.H/c8-6-4-2-1-3-5(6)7(9)12-13(10)11;;/h1-4,8H,(H,10,11);;/q;+1;-1. The number of rotatable bonds is 2. The van der Waals surface area contributed by atoms with E-state index in [1.165, 1.54) is 24.3 Å². The van der Waals surface area contributed by atoms with E-state index in [1.807, 2.05) is 0 Å². The summed E-state index contributed by atoms with van der Waals surface area (Å²) in [6.07, 6.45) is 0. The molecule has 0 amide bonds. The van der Waals surface area contributed by atoms with Crippen molar-refractivity contribution in [2.75, 3.05) is 0 Å². The number of carbonyl (C=O) groups is 1. The molecule has 0 saturated carbocycles. The molecule has 14 heavy (non-hydrogen) atoms. The van der Waals surface area contributed by atoms with E-state index in [-0.39, 0.29) is 42.3 Å². The van der Waals surface area contributed by atoms with Crippen molar-refractivity contribution >= 4 is 17.3 Å². The largest absolute Gasteiger partial charge is 1.00 e. The van der Waals surface area contributed by atoms with Crippen molar-refractivity contribution in [3.05, 3.63) is 29.8 Å². The minimum Gasteiger partial charge on any atom is -1.00 e. The first kappa shape index (κ1) is 13.6. The van der Waals surface area contributed by atoms with Gasteiger partial charge in [0.15, 0.2) is 0 Å². The maximum atomic E-state index is 10.9. The molecule has 0 fully saturated rings. The van der Waals surface area contributed by atoms with Gasteiger partial charge in [0, 0.05) is 0 Å². The summed E-state index contributed by atoms with van der Waals surface area (Å²) in [6.45, 7) is 0. The van der Waals surface area contributed by atoms with E-state index in [2.05, 4.69) is 4.18 Å². The van der Waals surface area contributed by atoms with Gasteiger partial charge in [0.05, 0.1) is 0 Å². The van der Waals surface area contributed by atoms with E-state index in [0.717, 1.165) is 0 Å². The van der Waals surface area contributed by atoms with Gasteiger partial charge in [-0.15, -0.1) is 0 Å². The minimum absolute atomic E-state index is 0. The Balaban J connectivity index is 0. The fourth-order valence-corrected chi connectivity index (χ4v) is 0.975. The van der Waals surface area contributed by atoms with Gasteiger partial charge < -0.3 is 10.7 Å². The zero-order valence-corrected chi connectivity index (χ0v) is 10.2. The Labute approximate surface area is 106 Å². The Morgan fingerprint density at radius 1 is 1.43 bits per heavy atom. The molecule has 1 aromatic rings. The first-order valence-corrected chi connectivity index (χ1v) is 4.26. The van der Waals surface area contributed by atoms with E-state index in [1.54, 1.807) is 0 Å². The van der Waals surface area contributed by atoms with Crippen LogP contribution in [0.5, 0.6) is 5.75 Å². The summed E-state index contributed by atoms with van der Waals surface area (Å²) in [7, 11) is 0. The molecule has 0 aliphatic heterocycles. The first-order valence-electron chi connectivity index (χ1n) is 3.23. The van der Waals surface area contributed by atoms with Gasteiger partial charge in [0.25, 0.3) is 0 Å². The number of carbonyl (C=O) groups excluding carboxylic acids is 1. The number of hydrogen-bond acceptors (Lipinski definition) is 4. The zero-order chi connectivity index (χ0) is 9.84. The van der Waals surface area contributed by atoms with Crippen molar-refractivity contribution in [1.29, 1.82) is 0 Å². The Morgan fingerprint density at radius 2 is 2.00 bits per heavy atom. The van der Waals surface area contributed by atoms with Crippen molar-refractivity contribution in [2.45, 2.75) is 0 Å². The summed E-state index contributed by atoms with van der Waals surface area (Å²) in [5.74, 6) is -1.34. The van der Waals surface area contributed by atoms with Gasteiger partial charge in [-0.3, -0.25) is 4.55 Å². The van der Waals surface area contributed by atoms with Crippen LogP contribution < -0.4 is 29.6 Å². The van der Waals surface area contributed by atoms with Crippen molar-refractivity contribution in [2.24, 2.45) is 0 Å². The summed E-state index contributed by atoms with van der Waals surface area (Å²) in [4.78, 5) is 10.9. The smallest absolute Gasteiger partial charge is 1.00 e. The molecule has 0 bridgehead atoms. The molecule has 7 heteroatoms. The second-order valence-electron chi connectivity index (χ2n) is 2.11. The summed E-state index contributed by atoms with van der Waals surface area (Å²) in [6, 6.07) is 5.57. The maximum Gasteiger partial charge on any atom is 1.00 e. The average Bonchev–Trinajstić information content (AvgIpc) is 2.03. The molecule has 0 aliphatic carbocycles. The summed E-state index contributed by atoms with van der Waals surface area (Å²) < 4.78 is 22.2. The number of aromatic hydroxyl groups is 1. The van der Waals surface area contributed by atoms with Gasteiger partial charge in [-0.05, 0) is 12.1 Å². The molecular formula is C7H7NaO5S. The second-order valence-corrected chi connectivity index (χ2v) is 2.71. The maximum absolute atomic E-state index is 10.9. The van der Waals surface area contributed by atoms with Crippen LogP contribution in [0.25, 0.3) is 0 Å². The van der Waals surface area contributed by atoms with Crippen molar-refractivity contribution in [3.8, 4) is 5.75 Å². The number of para-hydroxylation sites is 1. The molecule has 5 nitrogen and oxygen atoms in total.